The molecule has 0 spiro atoms. The van der Waals surface area contributed by atoms with Crippen LogP contribution in [0.15, 0.2) is 29.8 Å². The van der Waals surface area contributed by atoms with Crippen LogP contribution in [-0.4, -0.2) is 25.2 Å². The van der Waals surface area contributed by atoms with Crippen molar-refractivity contribution in [3.63, 3.8) is 0 Å². The van der Waals surface area contributed by atoms with E-state index in [1.807, 2.05) is 30.3 Å². The van der Waals surface area contributed by atoms with E-state index in [0.717, 1.165) is 36.8 Å². The van der Waals surface area contributed by atoms with Crippen LogP contribution in [0.2, 0.25) is 0 Å². The molecule has 3 rings (SSSR count). The van der Waals surface area contributed by atoms with Crippen LogP contribution >= 0.6 is 0 Å². The standard InChI is InChI=1S/C21H26O4/c1-3-24-19(22)21(20(23)25-4-2)17-13-9-8-12-16(17)14-18(21)15-10-6-5-7-11-15/h8-9,12-15H,3-7,10-11H2,1-2H3. The molecular weight excluding hydrogens is 316 g/mol. The summed E-state index contributed by atoms with van der Waals surface area (Å²) >= 11 is 0. The van der Waals surface area contributed by atoms with Crippen molar-refractivity contribution in [3.05, 3.63) is 41.0 Å². The van der Waals surface area contributed by atoms with Gasteiger partial charge in [0.05, 0.1) is 13.2 Å². The van der Waals surface area contributed by atoms with Crippen molar-refractivity contribution in [3.8, 4) is 0 Å². The van der Waals surface area contributed by atoms with Crippen LogP contribution < -0.4 is 0 Å². The molecule has 1 aromatic rings. The summed E-state index contributed by atoms with van der Waals surface area (Å²) in [5.74, 6) is -0.791. The average Bonchev–Trinajstić information content (AvgIpc) is 2.99. The summed E-state index contributed by atoms with van der Waals surface area (Å²) in [5.41, 5.74) is 1.05. The van der Waals surface area contributed by atoms with Crippen LogP contribution in [0.5, 0.6) is 0 Å². The molecule has 0 aliphatic heterocycles. The number of benzene rings is 1. The minimum Gasteiger partial charge on any atom is -0.465 e. The number of hydrogen-bond donors (Lipinski definition) is 0. The van der Waals surface area contributed by atoms with Gasteiger partial charge in [0.25, 0.3) is 0 Å². The van der Waals surface area contributed by atoms with E-state index in [2.05, 4.69) is 0 Å². The molecule has 1 fully saturated rings. The van der Waals surface area contributed by atoms with Crippen molar-refractivity contribution < 1.29 is 19.1 Å². The molecule has 2 aliphatic carbocycles. The first-order valence-corrected chi connectivity index (χ1v) is 9.32. The van der Waals surface area contributed by atoms with Crippen molar-refractivity contribution in [1.29, 1.82) is 0 Å². The zero-order chi connectivity index (χ0) is 17.9. The third kappa shape index (κ3) is 2.88. The Morgan fingerprint density at radius 3 is 2.20 bits per heavy atom. The molecule has 1 aromatic carbocycles. The van der Waals surface area contributed by atoms with Crippen LogP contribution in [0.4, 0.5) is 0 Å². The quantitative estimate of drug-likeness (QED) is 0.599. The zero-order valence-corrected chi connectivity index (χ0v) is 15.0. The molecule has 0 bridgehead atoms. The highest BCUT2D eigenvalue weighted by atomic mass is 16.6. The molecule has 0 aromatic heterocycles. The topological polar surface area (TPSA) is 52.6 Å². The number of carbonyl (C=O) groups excluding carboxylic acids is 2. The van der Waals surface area contributed by atoms with Gasteiger partial charge in [-0.3, -0.25) is 9.59 Å². The van der Waals surface area contributed by atoms with Gasteiger partial charge in [-0.2, -0.15) is 0 Å². The number of ether oxygens (including phenoxy) is 2. The number of esters is 2. The number of fused-ring (bicyclic) bond motifs is 1. The lowest BCUT2D eigenvalue weighted by Crippen LogP contribution is -2.48. The maximum Gasteiger partial charge on any atom is 0.332 e. The van der Waals surface area contributed by atoms with Crippen molar-refractivity contribution in [2.45, 2.75) is 51.4 Å². The van der Waals surface area contributed by atoms with E-state index in [9.17, 15) is 9.59 Å². The fourth-order valence-corrected chi connectivity index (χ4v) is 4.25. The SMILES string of the molecule is CCOC(=O)C1(C(=O)OCC)C(C2CCCCC2)=Cc2ccccc21. The Balaban J connectivity index is 2.16. The summed E-state index contributed by atoms with van der Waals surface area (Å²) in [6.07, 6.45) is 7.49. The summed E-state index contributed by atoms with van der Waals surface area (Å²) in [4.78, 5) is 26.3. The van der Waals surface area contributed by atoms with Gasteiger partial charge < -0.3 is 9.47 Å². The maximum absolute atomic E-state index is 13.1. The summed E-state index contributed by atoms with van der Waals surface area (Å²) in [5, 5.41) is 0. The Bertz CT molecular complexity index is 665. The molecule has 1 saturated carbocycles. The Morgan fingerprint density at radius 1 is 1.00 bits per heavy atom. The summed E-state index contributed by atoms with van der Waals surface area (Å²) in [6, 6.07) is 7.61. The second-order valence-electron chi connectivity index (χ2n) is 6.71. The van der Waals surface area contributed by atoms with E-state index in [0.29, 0.717) is 5.56 Å². The van der Waals surface area contributed by atoms with Crippen LogP contribution in [0.3, 0.4) is 0 Å². The minimum atomic E-state index is -1.44. The van der Waals surface area contributed by atoms with Gasteiger partial charge in [-0.15, -0.1) is 0 Å². The summed E-state index contributed by atoms with van der Waals surface area (Å²) in [7, 11) is 0. The molecule has 0 amide bonds. The molecule has 0 atom stereocenters. The highest BCUT2D eigenvalue weighted by Crippen LogP contribution is 2.50. The average molecular weight is 342 g/mol. The highest BCUT2D eigenvalue weighted by Gasteiger charge is 2.58. The minimum absolute atomic E-state index is 0.218. The lowest BCUT2D eigenvalue weighted by molar-refractivity contribution is -0.162. The van der Waals surface area contributed by atoms with Crippen LogP contribution in [-0.2, 0) is 24.5 Å². The molecule has 25 heavy (non-hydrogen) atoms. The zero-order valence-electron chi connectivity index (χ0n) is 15.0. The number of hydrogen-bond acceptors (Lipinski definition) is 4. The van der Waals surface area contributed by atoms with E-state index >= 15 is 0 Å². The molecule has 4 nitrogen and oxygen atoms in total. The van der Waals surface area contributed by atoms with E-state index in [1.165, 1.54) is 6.42 Å². The third-order valence-electron chi connectivity index (χ3n) is 5.32. The first-order valence-electron chi connectivity index (χ1n) is 9.32. The molecule has 0 radical (unpaired) electrons. The molecule has 0 N–H and O–H groups in total. The Kier molecular flexibility index (Phi) is 5.26. The maximum atomic E-state index is 13.1. The van der Waals surface area contributed by atoms with E-state index in [-0.39, 0.29) is 19.1 Å². The molecular formula is C21H26O4. The first-order chi connectivity index (χ1) is 12.2. The summed E-state index contributed by atoms with van der Waals surface area (Å²) in [6.45, 7) is 4.00. The van der Waals surface area contributed by atoms with Crippen molar-refractivity contribution in [1.82, 2.24) is 0 Å². The van der Waals surface area contributed by atoms with E-state index in [4.69, 9.17) is 9.47 Å². The number of carbonyl (C=O) groups is 2. The van der Waals surface area contributed by atoms with Gasteiger partial charge in [-0.05, 0) is 49.3 Å². The summed E-state index contributed by atoms with van der Waals surface area (Å²) < 4.78 is 10.8. The predicted octanol–water partition coefficient (Wildman–Crippen LogP) is 4.03. The van der Waals surface area contributed by atoms with Gasteiger partial charge in [0.1, 0.15) is 0 Å². The third-order valence-corrected chi connectivity index (χ3v) is 5.32. The fourth-order valence-electron chi connectivity index (χ4n) is 4.25. The van der Waals surface area contributed by atoms with Crippen molar-refractivity contribution >= 4 is 18.0 Å². The van der Waals surface area contributed by atoms with Crippen LogP contribution in [0, 0.1) is 5.92 Å². The molecule has 4 heteroatoms. The van der Waals surface area contributed by atoms with Gasteiger partial charge in [0.15, 0.2) is 0 Å². The second kappa shape index (κ2) is 7.42. The van der Waals surface area contributed by atoms with Gasteiger partial charge in [-0.1, -0.05) is 49.6 Å². The molecule has 134 valence electrons. The lowest BCUT2D eigenvalue weighted by Gasteiger charge is -2.34. The van der Waals surface area contributed by atoms with E-state index < -0.39 is 17.4 Å². The normalized spacial score (nSPS) is 19.0. The smallest absolute Gasteiger partial charge is 0.332 e. The predicted molar refractivity (Wildman–Crippen MR) is 95.9 cm³/mol. The molecule has 0 saturated heterocycles. The molecule has 0 unspecified atom stereocenters. The largest absolute Gasteiger partial charge is 0.465 e. The van der Waals surface area contributed by atoms with Gasteiger partial charge in [0.2, 0.25) is 5.41 Å². The molecule has 0 heterocycles. The van der Waals surface area contributed by atoms with Crippen LogP contribution in [0.25, 0.3) is 6.08 Å². The van der Waals surface area contributed by atoms with Gasteiger partial charge >= 0.3 is 11.9 Å². The van der Waals surface area contributed by atoms with Crippen LogP contribution in [0.1, 0.15) is 57.1 Å². The second-order valence-corrected chi connectivity index (χ2v) is 6.71. The Hall–Kier alpha value is -2.10. The Morgan fingerprint density at radius 2 is 1.60 bits per heavy atom. The molecule has 2 aliphatic rings. The Labute approximate surface area is 149 Å². The van der Waals surface area contributed by atoms with Crippen molar-refractivity contribution in [2.75, 3.05) is 13.2 Å². The van der Waals surface area contributed by atoms with Gasteiger partial charge in [-0.25, -0.2) is 0 Å². The lowest BCUT2D eigenvalue weighted by atomic mass is 9.69. The number of rotatable bonds is 5. The fraction of sp³-hybridized carbons (Fsp3) is 0.524. The highest BCUT2D eigenvalue weighted by molar-refractivity contribution is 6.13. The van der Waals surface area contributed by atoms with Crippen molar-refractivity contribution in [2.24, 2.45) is 5.92 Å². The van der Waals surface area contributed by atoms with E-state index in [1.54, 1.807) is 13.8 Å². The first kappa shape index (κ1) is 17.7. The van der Waals surface area contributed by atoms with Gasteiger partial charge in [0, 0.05) is 0 Å². The monoisotopic (exact) mass is 342 g/mol.